The molecule has 6 heteroatoms. The quantitative estimate of drug-likeness (QED) is 0.796. The molecule has 2 aromatic heterocycles. The van der Waals surface area contributed by atoms with Crippen molar-refractivity contribution in [2.75, 3.05) is 23.4 Å². The van der Waals surface area contributed by atoms with E-state index < -0.39 is 0 Å². The molecular formula is C11H17N5S. The van der Waals surface area contributed by atoms with Crippen molar-refractivity contribution in [2.24, 2.45) is 0 Å². The van der Waals surface area contributed by atoms with Crippen molar-refractivity contribution < 1.29 is 0 Å². The standard InChI is InChI=1S/C11H17N5S/c1-3-17-6-4-5-12-10-7-9(2)15-11-13-8-14-16(10)11/h7-8,12H,3-6H2,1-2H3. The minimum absolute atomic E-state index is 0.649. The second-order valence-corrected chi connectivity index (χ2v) is 5.13. The molecule has 0 fully saturated rings. The first kappa shape index (κ1) is 12.2. The van der Waals surface area contributed by atoms with Crippen LogP contribution in [0, 0.1) is 6.92 Å². The number of rotatable bonds is 6. The van der Waals surface area contributed by atoms with E-state index in [1.165, 1.54) is 17.8 Å². The molecule has 0 aromatic carbocycles. The smallest absolute Gasteiger partial charge is 0.254 e. The number of nitrogens with zero attached hydrogens (tertiary/aromatic N) is 4. The number of hydrogen-bond donors (Lipinski definition) is 1. The van der Waals surface area contributed by atoms with Crippen molar-refractivity contribution in [1.29, 1.82) is 0 Å². The van der Waals surface area contributed by atoms with Crippen molar-refractivity contribution in [1.82, 2.24) is 19.6 Å². The zero-order valence-electron chi connectivity index (χ0n) is 10.2. The monoisotopic (exact) mass is 251 g/mol. The first-order valence-electron chi connectivity index (χ1n) is 5.80. The van der Waals surface area contributed by atoms with E-state index in [1.807, 2.05) is 24.8 Å². The minimum Gasteiger partial charge on any atom is -0.370 e. The second-order valence-electron chi connectivity index (χ2n) is 3.73. The van der Waals surface area contributed by atoms with Gasteiger partial charge in [0, 0.05) is 18.3 Å². The fraction of sp³-hybridized carbons (Fsp3) is 0.545. The van der Waals surface area contributed by atoms with Crippen LogP contribution in [0.25, 0.3) is 5.78 Å². The van der Waals surface area contributed by atoms with Gasteiger partial charge in [0.2, 0.25) is 0 Å². The van der Waals surface area contributed by atoms with Gasteiger partial charge in [-0.2, -0.15) is 26.4 Å². The summed E-state index contributed by atoms with van der Waals surface area (Å²) in [6.07, 6.45) is 2.68. The fourth-order valence-electron chi connectivity index (χ4n) is 1.59. The lowest BCUT2D eigenvalue weighted by Gasteiger charge is -2.08. The largest absolute Gasteiger partial charge is 0.370 e. The Bertz CT molecular complexity index is 482. The topological polar surface area (TPSA) is 55.1 Å². The van der Waals surface area contributed by atoms with E-state index in [4.69, 9.17) is 0 Å². The van der Waals surface area contributed by atoms with Crippen LogP contribution in [0.1, 0.15) is 19.0 Å². The number of hydrogen-bond acceptors (Lipinski definition) is 5. The number of fused-ring (bicyclic) bond motifs is 1. The van der Waals surface area contributed by atoms with Gasteiger partial charge in [0.25, 0.3) is 5.78 Å². The molecule has 0 aliphatic rings. The average molecular weight is 251 g/mol. The summed E-state index contributed by atoms with van der Waals surface area (Å²) in [7, 11) is 0. The zero-order valence-corrected chi connectivity index (χ0v) is 11.0. The molecule has 0 aliphatic heterocycles. The Morgan fingerprint density at radius 2 is 2.35 bits per heavy atom. The van der Waals surface area contributed by atoms with Crippen LogP contribution in [0.3, 0.4) is 0 Å². The maximum absolute atomic E-state index is 4.30. The summed E-state index contributed by atoms with van der Waals surface area (Å²) in [5, 5.41) is 7.53. The Labute approximate surface area is 105 Å². The summed E-state index contributed by atoms with van der Waals surface area (Å²) in [6.45, 7) is 5.10. The molecule has 0 spiro atoms. The average Bonchev–Trinajstić information content (AvgIpc) is 2.76. The molecule has 2 aromatic rings. The van der Waals surface area contributed by atoms with Crippen molar-refractivity contribution in [3.63, 3.8) is 0 Å². The molecule has 92 valence electrons. The Balaban J connectivity index is 2.00. The molecule has 5 nitrogen and oxygen atoms in total. The molecule has 0 unspecified atom stereocenters. The highest BCUT2D eigenvalue weighted by Crippen LogP contribution is 2.10. The molecule has 0 radical (unpaired) electrons. The normalized spacial score (nSPS) is 10.9. The highest BCUT2D eigenvalue weighted by Gasteiger charge is 2.04. The molecular weight excluding hydrogens is 234 g/mol. The van der Waals surface area contributed by atoms with Crippen molar-refractivity contribution in [3.05, 3.63) is 18.1 Å². The van der Waals surface area contributed by atoms with Crippen LogP contribution in [0.15, 0.2) is 12.4 Å². The molecule has 0 saturated carbocycles. The summed E-state index contributed by atoms with van der Waals surface area (Å²) in [5.41, 5.74) is 0.955. The van der Waals surface area contributed by atoms with E-state index in [-0.39, 0.29) is 0 Å². The predicted octanol–water partition coefficient (Wildman–Crippen LogP) is 1.99. The number of nitrogens with one attached hydrogen (secondary N) is 1. The van der Waals surface area contributed by atoms with Gasteiger partial charge in [0.15, 0.2) is 0 Å². The molecule has 0 aliphatic carbocycles. The van der Waals surface area contributed by atoms with E-state index in [2.05, 4.69) is 27.3 Å². The van der Waals surface area contributed by atoms with Gasteiger partial charge in [-0.3, -0.25) is 0 Å². The lowest BCUT2D eigenvalue weighted by atomic mass is 10.4. The van der Waals surface area contributed by atoms with E-state index in [9.17, 15) is 0 Å². The Kier molecular flexibility index (Phi) is 4.19. The summed E-state index contributed by atoms with van der Waals surface area (Å²) in [5.74, 6) is 3.98. The van der Waals surface area contributed by atoms with Gasteiger partial charge >= 0.3 is 0 Å². The van der Waals surface area contributed by atoms with Crippen molar-refractivity contribution in [3.8, 4) is 0 Å². The van der Waals surface area contributed by atoms with E-state index >= 15 is 0 Å². The van der Waals surface area contributed by atoms with Gasteiger partial charge in [-0.05, 0) is 24.9 Å². The maximum Gasteiger partial charge on any atom is 0.254 e. The summed E-state index contributed by atoms with van der Waals surface area (Å²) in [4.78, 5) is 8.39. The molecule has 0 saturated heterocycles. The van der Waals surface area contributed by atoms with Crippen molar-refractivity contribution >= 4 is 23.4 Å². The van der Waals surface area contributed by atoms with Crippen LogP contribution in [0.4, 0.5) is 5.82 Å². The van der Waals surface area contributed by atoms with Crippen LogP contribution in [0.2, 0.25) is 0 Å². The summed E-state index contributed by atoms with van der Waals surface area (Å²) >= 11 is 1.96. The molecule has 0 amide bonds. The molecule has 2 rings (SSSR count). The SMILES string of the molecule is CCSCCCNc1cc(C)nc2ncnn12. The first-order chi connectivity index (χ1) is 8.31. The first-order valence-corrected chi connectivity index (χ1v) is 6.95. The van der Waals surface area contributed by atoms with Gasteiger partial charge < -0.3 is 5.32 Å². The Morgan fingerprint density at radius 1 is 1.47 bits per heavy atom. The van der Waals surface area contributed by atoms with Gasteiger partial charge in [-0.25, -0.2) is 4.98 Å². The maximum atomic E-state index is 4.30. The van der Waals surface area contributed by atoms with Gasteiger partial charge in [-0.1, -0.05) is 6.92 Å². The summed E-state index contributed by atoms with van der Waals surface area (Å²) in [6, 6.07) is 1.99. The van der Waals surface area contributed by atoms with E-state index in [1.54, 1.807) is 4.52 Å². The second kappa shape index (κ2) is 5.86. The lowest BCUT2D eigenvalue weighted by molar-refractivity contribution is 0.899. The molecule has 0 bridgehead atoms. The Hall–Kier alpha value is -1.30. The highest BCUT2D eigenvalue weighted by atomic mass is 32.2. The molecule has 1 N–H and O–H groups in total. The fourth-order valence-corrected chi connectivity index (χ4v) is 2.23. The van der Waals surface area contributed by atoms with Crippen LogP contribution in [-0.2, 0) is 0 Å². The third-order valence-electron chi connectivity index (χ3n) is 2.36. The summed E-state index contributed by atoms with van der Waals surface area (Å²) < 4.78 is 1.74. The van der Waals surface area contributed by atoms with Gasteiger partial charge in [0.05, 0.1) is 0 Å². The van der Waals surface area contributed by atoms with Crippen LogP contribution in [0.5, 0.6) is 0 Å². The highest BCUT2D eigenvalue weighted by molar-refractivity contribution is 7.99. The number of aryl methyl sites for hydroxylation is 1. The van der Waals surface area contributed by atoms with E-state index in [0.29, 0.717) is 5.78 Å². The third-order valence-corrected chi connectivity index (χ3v) is 3.34. The number of anilines is 1. The molecule has 2 heterocycles. The molecule has 17 heavy (non-hydrogen) atoms. The van der Waals surface area contributed by atoms with E-state index in [0.717, 1.165) is 24.5 Å². The lowest BCUT2D eigenvalue weighted by Crippen LogP contribution is -2.08. The minimum atomic E-state index is 0.649. The van der Waals surface area contributed by atoms with Crippen LogP contribution in [-0.4, -0.2) is 37.6 Å². The van der Waals surface area contributed by atoms with Crippen molar-refractivity contribution in [2.45, 2.75) is 20.3 Å². The van der Waals surface area contributed by atoms with Crippen LogP contribution < -0.4 is 5.32 Å². The Morgan fingerprint density at radius 3 is 3.18 bits per heavy atom. The van der Waals surface area contributed by atoms with Crippen LogP contribution >= 0.6 is 11.8 Å². The van der Waals surface area contributed by atoms with Gasteiger partial charge in [0.1, 0.15) is 12.1 Å². The molecule has 0 atom stereocenters. The number of thioether (sulfide) groups is 1. The third kappa shape index (κ3) is 3.09. The number of aromatic nitrogens is 4. The van der Waals surface area contributed by atoms with Gasteiger partial charge in [-0.15, -0.1) is 0 Å². The zero-order chi connectivity index (χ0) is 12.1. The predicted molar refractivity (Wildman–Crippen MR) is 71.6 cm³/mol.